The van der Waals surface area contributed by atoms with Crippen LogP contribution in [0.2, 0.25) is 0 Å². The largest absolute Gasteiger partial charge is 0.497 e. The summed E-state index contributed by atoms with van der Waals surface area (Å²) in [5.74, 6) is 0.386. The van der Waals surface area contributed by atoms with Gasteiger partial charge in [-0.25, -0.2) is 8.42 Å². The van der Waals surface area contributed by atoms with E-state index >= 15 is 0 Å². The van der Waals surface area contributed by atoms with Crippen LogP contribution < -0.4 is 4.74 Å². The predicted molar refractivity (Wildman–Crippen MR) is 141 cm³/mol. The van der Waals surface area contributed by atoms with Crippen molar-refractivity contribution in [1.82, 2.24) is 14.1 Å². The number of benzene rings is 2. The van der Waals surface area contributed by atoms with Gasteiger partial charge in [-0.05, 0) is 49.1 Å². The first-order chi connectivity index (χ1) is 17.8. The first-order valence-corrected chi connectivity index (χ1v) is 14.0. The standard InChI is InChI=1S/C27H37N3O6S/c1-4-16-29(37(33,34)25-8-6-5-7-9-25)20-26(31)30(19-22-10-12-24(36-3)13-11-22)23-14-17-28(18-15-23)27(32)21-35-2/h5-13,23H,4,14-21H2,1-3H3. The lowest BCUT2D eigenvalue weighted by Gasteiger charge is -2.39. The van der Waals surface area contributed by atoms with E-state index in [2.05, 4.69) is 0 Å². The molecule has 9 nitrogen and oxygen atoms in total. The maximum absolute atomic E-state index is 13.7. The molecule has 0 aromatic heterocycles. The van der Waals surface area contributed by atoms with Gasteiger partial charge in [0.2, 0.25) is 21.8 Å². The number of ether oxygens (including phenoxy) is 2. The number of carbonyl (C=O) groups is 2. The number of methoxy groups -OCH3 is 2. The lowest BCUT2D eigenvalue weighted by atomic mass is 10.0. The summed E-state index contributed by atoms with van der Waals surface area (Å²) >= 11 is 0. The predicted octanol–water partition coefficient (Wildman–Crippen LogP) is 2.76. The van der Waals surface area contributed by atoms with E-state index in [1.54, 1.807) is 47.2 Å². The first kappa shape index (κ1) is 28.6. The number of rotatable bonds is 12. The lowest BCUT2D eigenvalue weighted by molar-refractivity contribution is -0.139. The van der Waals surface area contributed by atoms with Gasteiger partial charge in [-0.2, -0.15) is 4.31 Å². The molecule has 0 saturated carbocycles. The Morgan fingerprint density at radius 2 is 1.65 bits per heavy atom. The SMILES string of the molecule is CCCN(CC(=O)N(Cc1ccc(OC)cc1)C1CCN(C(=O)COC)CC1)S(=O)(=O)c1ccccc1. The minimum absolute atomic E-state index is 0.0302. The van der Waals surface area contributed by atoms with Crippen molar-refractivity contribution >= 4 is 21.8 Å². The van der Waals surface area contributed by atoms with E-state index in [-0.39, 0.29) is 42.4 Å². The molecule has 202 valence electrons. The van der Waals surface area contributed by atoms with Gasteiger partial charge < -0.3 is 19.3 Å². The van der Waals surface area contributed by atoms with Gasteiger partial charge in [0.25, 0.3) is 0 Å². The van der Waals surface area contributed by atoms with Gasteiger partial charge in [0.1, 0.15) is 12.4 Å². The fourth-order valence-corrected chi connectivity index (χ4v) is 6.01. The van der Waals surface area contributed by atoms with Crippen LogP contribution in [-0.4, -0.2) is 87.4 Å². The van der Waals surface area contributed by atoms with Gasteiger partial charge in [0.05, 0.1) is 18.6 Å². The highest BCUT2D eigenvalue weighted by atomic mass is 32.2. The van der Waals surface area contributed by atoms with E-state index in [0.717, 1.165) is 11.3 Å². The second-order valence-electron chi connectivity index (χ2n) is 9.07. The minimum Gasteiger partial charge on any atom is -0.497 e. The van der Waals surface area contributed by atoms with Gasteiger partial charge in [0, 0.05) is 39.3 Å². The number of piperidine rings is 1. The molecule has 1 saturated heterocycles. The smallest absolute Gasteiger partial charge is 0.248 e. The summed E-state index contributed by atoms with van der Waals surface area (Å²) in [6, 6.07) is 15.6. The topological polar surface area (TPSA) is 96.5 Å². The third-order valence-corrected chi connectivity index (χ3v) is 8.38. The van der Waals surface area contributed by atoms with Crippen molar-refractivity contribution in [1.29, 1.82) is 0 Å². The third kappa shape index (κ3) is 7.53. The Kier molecular flexibility index (Phi) is 10.5. The van der Waals surface area contributed by atoms with Crippen LogP contribution in [0.25, 0.3) is 0 Å². The number of hydrogen-bond donors (Lipinski definition) is 0. The van der Waals surface area contributed by atoms with Gasteiger partial charge in [-0.15, -0.1) is 0 Å². The molecule has 2 aromatic carbocycles. The van der Waals surface area contributed by atoms with E-state index in [1.165, 1.54) is 11.4 Å². The van der Waals surface area contributed by atoms with E-state index in [9.17, 15) is 18.0 Å². The van der Waals surface area contributed by atoms with E-state index < -0.39 is 10.0 Å². The van der Waals surface area contributed by atoms with Gasteiger partial charge in [-0.1, -0.05) is 37.3 Å². The molecule has 1 fully saturated rings. The van der Waals surface area contributed by atoms with Gasteiger partial charge in [-0.3, -0.25) is 9.59 Å². The van der Waals surface area contributed by atoms with Crippen molar-refractivity contribution in [2.75, 3.05) is 47.0 Å². The number of hydrogen-bond acceptors (Lipinski definition) is 6. The molecule has 3 rings (SSSR count). The Labute approximate surface area is 220 Å². The van der Waals surface area contributed by atoms with Crippen molar-refractivity contribution in [2.24, 2.45) is 0 Å². The molecule has 1 aliphatic rings. The Morgan fingerprint density at radius 1 is 1.00 bits per heavy atom. The Hall–Kier alpha value is -2.95. The highest BCUT2D eigenvalue weighted by Gasteiger charge is 2.33. The van der Waals surface area contributed by atoms with Crippen LogP contribution in [0.1, 0.15) is 31.7 Å². The average Bonchev–Trinajstić information content (AvgIpc) is 2.92. The van der Waals surface area contributed by atoms with Crippen LogP contribution in [0, 0.1) is 0 Å². The minimum atomic E-state index is -3.83. The Balaban J connectivity index is 1.82. The zero-order valence-corrected chi connectivity index (χ0v) is 22.7. The summed E-state index contributed by atoms with van der Waals surface area (Å²) in [4.78, 5) is 29.7. The third-order valence-electron chi connectivity index (χ3n) is 6.52. The van der Waals surface area contributed by atoms with Crippen molar-refractivity contribution in [3.05, 3.63) is 60.2 Å². The van der Waals surface area contributed by atoms with Crippen molar-refractivity contribution in [3.8, 4) is 5.75 Å². The number of likely N-dealkylation sites (tertiary alicyclic amines) is 1. The molecule has 0 aliphatic carbocycles. The number of carbonyl (C=O) groups excluding carboxylic acids is 2. The Bertz CT molecular complexity index is 1120. The summed E-state index contributed by atoms with van der Waals surface area (Å²) in [5, 5.41) is 0. The average molecular weight is 532 g/mol. The first-order valence-electron chi connectivity index (χ1n) is 12.5. The molecule has 1 aliphatic heterocycles. The second kappa shape index (κ2) is 13.6. The van der Waals surface area contributed by atoms with Crippen LogP contribution in [0.15, 0.2) is 59.5 Å². The molecule has 0 spiro atoms. The summed E-state index contributed by atoms with van der Waals surface area (Å²) in [5.41, 5.74) is 0.917. The molecule has 10 heteroatoms. The van der Waals surface area contributed by atoms with Crippen LogP contribution >= 0.6 is 0 Å². The van der Waals surface area contributed by atoms with Crippen molar-refractivity contribution in [2.45, 2.75) is 43.7 Å². The molecule has 37 heavy (non-hydrogen) atoms. The number of nitrogens with zero attached hydrogens (tertiary/aromatic N) is 3. The molecular formula is C27H37N3O6S. The van der Waals surface area contributed by atoms with E-state index in [1.807, 2.05) is 31.2 Å². The normalized spacial score (nSPS) is 14.5. The summed E-state index contributed by atoms with van der Waals surface area (Å²) < 4.78 is 38.2. The fraction of sp³-hybridized carbons (Fsp3) is 0.481. The molecular weight excluding hydrogens is 494 g/mol. The molecule has 0 N–H and O–H groups in total. The monoisotopic (exact) mass is 531 g/mol. The molecule has 0 atom stereocenters. The zero-order chi connectivity index (χ0) is 26.8. The summed E-state index contributed by atoms with van der Waals surface area (Å²) in [6.07, 6.45) is 1.80. The van der Waals surface area contributed by atoms with Gasteiger partial charge >= 0.3 is 0 Å². The van der Waals surface area contributed by atoms with E-state index in [0.29, 0.717) is 38.9 Å². The maximum atomic E-state index is 13.7. The number of sulfonamides is 1. The van der Waals surface area contributed by atoms with Crippen LogP contribution in [0.5, 0.6) is 5.75 Å². The lowest BCUT2D eigenvalue weighted by Crippen LogP contribution is -2.51. The molecule has 2 amide bonds. The van der Waals surface area contributed by atoms with Crippen LogP contribution in [0.4, 0.5) is 0 Å². The highest BCUT2D eigenvalue weighted by molar-refractivity contribution is 7.89. The molecule has 0 unspecified atom stereocenters. The second-order valence-corrected chi connectivity index (χ2v) is 11.0. The molecule has 0 radical (unpaired) electrons. The van der Waals surface area contributed by atoms with Gasteiger partial charge in [0.15, 0.2) is 0 Å². The van der Waals surface area contributed by atoms with Crippen LogP contribution in [0.3, 0.4) is 0 Å². The van der Waals surface area contributed by atoms with Crippen molar-refractivity contribution in [3.63, 3.8) is 0 Å². The maximum Gasteiger partial charge on any atom is 0.248 e. The highest BCUT2D eigenvalue weighted by Crippen LogP contribution is 2.23. The number of amides is 2. The van der Waals surface area contributed by atoms with Crippen molar-refractivity contribution < 1.29 is 27.5 Å². The van der Waals surface area contributed by atoms with E-state index in [4.69, 9.17) is 9.47 Å². The molecule has 0 bridgehead atoms. The Morgan fingerprint density at radius 3 is 2.22 bits per heavy atom. The zero-order valence-electron chi connectivity index (χ0n) is 21.8. The summed E-state index contributed by atoms with van der Waals surface area (Å²) in [7, 11) is -0.740. The van der Waals surface area contributed by atoms with Crippen LogP contribution in [-0.2, 0) is 30.9 Å². The summed E-state index contributed by atoms with van der Waals surface area (Å²) in [6.45, 7) is 3.28. The quantitative estimate of drug-likeness (QED) is 0.418. The fourth-order valence-electron chi connectivity index (χ4n) is 4.51. The molecule has 2 aromatic rings. The molecule has 1 heterocycles.